The van der Waals surface area contributed by atoms with Crippen LogP contribution in [0.25, 0.3) is 10.6 Å². The van der Waals surface area contributed by atoms with Crippen LogP contribution in [-0.2, 0) is 0 Å². The molecule has 1 amide bonds. The van der Waals surface area contributed by atoms with Gasteiger partial charge in [-0.2, -0.15) is 11.3 Å². The smallest absolute Gasteiger partial charge is 0.273 e. The fraction of sp³-hybridized carbons (Fsp3) is 0.500. The SMILES string of the molecule is CCCCN(C(=O)c1csc(-c2ccsc2)n1)C(C)CC. The molecule has 2 heterocycles. The van der Waals surface area contributed by atoms with Crippen molar-refractivity contribution in [1.82, 2.24) is 9.88 Å². The highest BCUT2D eigenvalue weighted by Crippen LogP contribution is 2.26. The van der Waals surface area contributed by atoms with E-state index in [1.54, 1.807) is 22.7 Å². The number of nitrogens with zero attached hydrogens (tertiary/aromatic N) is 2. The Morgan fingerprint density at radius 1 is 1.38 bits per heavy atom. The summed E-state index contributed by atoms with van der Waals surface area (Å²) in [7, 11) is 0. The fourth-order valence-corrected chi connectivity index (χ4v) is 3.61. The van der Waals surface area contributed by atoms with Gasteiger partial charge in [-0.3, -0.25) is 4.79 Å². The second-order valence-corrected chi connectivity index (χ2v) is 6.80. The highest BCUT2D eigenvalue weighted by molar-refractivity contribution is 7.14. The van der Waals surface area contributed by atoms with E-state index in [1.165, 1.54) is 0 Å². The van der Waals surface area contributed by atoms with Crippen LogP contribution >= 0.6 is 22.7 Å². The van der Waals surface area contributed by atoms with Crippen LogP contribution in [0.2, 0.25) is 0 Å². The van der Waals surface area contributed by atoms with Gasteiger partial charge in [-0.15, -0.1) is 11.3 Å². The zero-order valence-electron chi connectivity index (χ0n) is 12.8. The molecule has 0 N–H and O–H groups in total. The number of hydrogen-bond donors (Lipinski definition) is 0. The van der Waals surface area contributed by atoms with E-state index in [2.05, 4.69) is 31.1 Å². The first-order valence-electron chi connectivity index (χ1n) is 7.46. The topological polar surface area (TPSA) is 33.2 Å². The third-order valence-corrected chi connectivity index (χ3v) is 5.20. The minimum atomic E-state index is 0.0653. The van der Waals surface area contributed by atoms with Gasteiger partial charge < -0.3 is 4.90 Å². The van der Waals surface area contributed by atoms with Crippen molar-refractivity contribution < 1.29 is 4.79 Å². The maximum Gasteiger partial charge on any atom is 0.273 e. The summed E-state index contributed by atoms with van der Waals surface area (Å²) >= 11 is 3.19. The number of unbranched alkanes of at least 4 members (excludes halogenated alkanes) is 1. The van der Waals surface area contributed by atoms with Crippen LogP contribution in [0.4, 0.5) is 0 Å². The molecule has 0 saturated carbocycles. The predicted octanol–water partition coefficient (Wildman–Crippen LogP) is 4.91. The molecule has 0 spiro atoms. The summed E-state index contributed by atoms with van der Waals surface area (Å²) in [6, 6.07) is 2.30. The average Bonchev–Trinajstić information content (AvgIpc) is 3.17. The zero-order chi connectivity index (χ0) is 15.2. The molecule has 3 nitrogen and oxygen atoms in total. The summed E-state index contributed by atoms with van der Waals surface area (Å²) in [4.78, 5) is 19.2. The van der Waals surface area contributed by atoms with Crippen molar-refractivity contribution >= 4 is 28.6 Å². The second-order valence-electron chi connectivity index (χ2n) is 5.16. The van der Waals surface area contributed by atoms with E-state index in [9.17, 15) is 4.79 Å². The molecule has 2 aromatic heterocycles. The Morgan fingerprint density at radius 2 is 2.19 bits per heavy atom. The molecule has 0 aromatic carbocycles. The van der Waals surface area contributed by atoms with Crippen molar-refractivity contribution in [2.45, 2.75) is 46.1 Å². The van der Waals surface area contributed by atoms with Gasteiger partial charge in [0.2, 0.25) is 0 Å². The molecule has 5 heteroatoms. The van der Waals surface area contributed by atoms with Gasteiger partial charge in [0.1, 0.15) is 10.7 Å². The number of hydrogen-bond acceptors (Lipinski definition) is 4. The van der Waals surface area contributed by atoms with Gasteiger partial charge >= 0.3 is 0 Å². The van der Waals surface area contributed by atoms with Gasteiger partial charge in [-0.25, -0.2) is 4.98 Å². The quantitative estimate of drug-likeness (QED) is 0.725. The largest absolute Gasteiger partial charge is 0.335 e. The summed E-state index contributed by atoms with van der Waals surface area (Å²) in [5, 5.41) is 6.91. The molecule has 0 aliphatic heterocycles. The molecule has 2 rings (SSSR count). The summed E-state index contributed by atoms with van der Waals surface area (Å²) in [6.07, 6.45) is 3.10. The number of thiazole rings is 1. The lowest BCUT2D eigenvalue weighted by Crippen LogP contribution is -2.39. The minimum absolute atomic E-state index is 0.0653. The molecule has 0 saturated heterocycles. The number of carbonyl (C=O) groups is 1. The summed E-state index contributed by atoms with van der Waals surface area (Å²) in [5.41, 5.74) is 1.69. The molecule has 0 aliphatic rings. The van der Waals surface area contributed by atoms with E-state index in [-0.39, 0.29) is 11.9 Å². The third-order valence-electron chi connectivity index (χ3n) is 3.63. The molecule has 0 fully saturated rings. The Bertz CT molecular complexity index is 563. The number of rotatable bonds is 7. The Kier molecular flexibility index (Phi) is 5.94. The molecule has 1 atom stereocenters. The highest BCUT2D eigenvalue weighted by Gasteiger charge is 2.22. The fourth-order valence-electron chi connectivity index (χ4n) is 2.11. The van der Waals surface area contributed by atoms with Gasteiger partial charge in [0.25, 0.3) is 5.91 Å². The molecule has 0 aliphatic carbocycles. The zero-order valence-corrected chi connectivity index (χ0v) is 14.5. The molecule has 114 valence electrons. The maximum atomic E-state index is 12.7. The Labute approximate surface area is 134 Å². The molecule has 21 heavy (non-hydrogen) atoms. The Balaban J connectivity index is 2.16. The van der Waals surface area contributed by atoms with Crippen LogP contribution in [0, 0.1) is 0 Å². The van der Waals surface area contributed by atoms with Crippen molar-refractivity contribution in [1.29, 1.82) is 0 Å². The van der Waals surface area contributed by atoms with Crippen LogP contribution in [0.3, 0.4) is 0 Å². The lowest BCUT2D eigenvalue weighted by molar-refractivity contribution is 0.0680. The van der Waals surface area contributed by atoms with E-state index < -0.39 is 0 Å². The number of thiophene rings is 1. The first kappa shape index (κ1) is 16.2. The van der Waals surface area contributed by atoms with Crippen molar-refractivity contribution in [3.8, 4) is 10.6 Å². The van der Waals surface area contributed by atoms with Gasteiger partial charge in [0, 0.05) is 28.9 Å². The number of aromatic nitrogens is 1. The number of amides is 1. The summed E-state index contributed by atoms with van der Waals surface area (Å²) in [6.45, 7) is 7.20. The van der Waals surface area contributed by atoms with E-state index in [0.29, 0.717) is 5.69 Å². The lowest BCUT2D eigenvalue weighted by Gasteiger charge is -2.27. The Hall–Kier alpha value is -1.20. The van der Waals surface area contributed by atoms with Gasteiger partial charge in [0.15, 0.2) is 0 Å². The molecule has 0 bridgehead atoms. The van der Waals surface area contributed by atoms with Gasteiger partial charge in [-0.05, 0) is 31.2 Å². The van der Waals surface area contributed by atoms with E-state index in [0.717, 1.165) is 36.4 Å². The third kappa shape index (κ3) is 3.92. The van der Waals surface area contributed by atoms with Crippen molar-refractivity contribution in [3.63, 3.8) is 0 Å². The second kappa shape index (κ2) is 7.71. The average molecular weight is 322 g/mol. The molecular weight excluding hydrogens is 300 g/mol. The monoisotopic (exact) mass is 322 g/mol. The van der Waals surface area contributed by atoms with Crippen LogP contribution in [0.1, 0.15) is 50.5 Å². The predicted molar refractivity (Wildman–Crippen MR) is 91.1 cm³/mol. The van der Waals surface area contributed by atoms with E-state index >= 15 is 0 Å². The van der Waals surface area contributed by atoms with Crippen LogP contribution in [0.5, 0.6) is 0 Å². The minimum Gasteiger partial charge on any atom is -0.335 e. The van der Waals surface area contributed by atoms with Crippen molar-refractivity contribution in [2.24, 2.45) is 0 Å². The van der Waals surface area contributed by atoms with Crippen molar-refractivity contribution in [3.05, 3.63) is 27.9 Å². The molecular formula is C16H22N2OS2. The van der Waals surface area contributed by atoms with Crippen LogP contribution in [0.15, 0.2) is 22.2 Å². The maximum absolute atomic E-state index is 12.7. The van der Waals surface area contributed by atoms with E-state index in [4.69, 9.17) is 0 Å². The first-order chi connectivity index (χ1) is 10.2. The Morgan fingerprint density at radius 3 is 2.81 bits per heavy atom. The summed E-state index contributed by atoms with van der Waals surface area (Å²) < 4.78 is 0. The number of carbonyl (C=O) groups excluding carboxylic acids is 1. The summed E-state index contributed by atoms with van der Waals surface area (Å²) in [5.74, 6) is 0.0653. The molecule has 0 radical (unpaired) electrons. The lowest BCUT2D eigenvalue weighted by atomic mass is 10.2. The molecule has 2 aromatic rings. The van der Waals surface area contributed by atoms with Gasteiger partial charge in [0.05, 0.1) is 0 Å². The first-order valence-corrected chi connectivity index (χ1v) is 9.28. The van der Waals surface area contributed by atoms with Crippen LogP contribution < -0.4 is 0 Å². The molecule has 1 unspecified atom stereocenters. The normalized spacial score (nSPS) is 12.3. The van der Waals surface area contributed by atoms with Crippen molar-refractivity contribution in [2.75, 3.05) is 6.54 Å². The highest BCUT2D eigenvalue weighted by atomic mass is 32.1. The standard InChI is InChI=1S/C16H22N2OS2/c1-4-6-8-18(12(3)5-2)16(19)14-11-21-15(17-14)13-7-9-20-10-13/h7,9-12H,4-6,8H2,1-3H3. The van der Waals surface area contributed by atoms with Gasteiger partial charge in [-0.1, -0.05) is 20.3 Å². The van der Waals surface area contributed by atoms with Crippen LogP contribution in [-0.4, -0.2) is 28.4 Å². The van der Waals surface area contributed by atoms with E-state index in [1.807, 2.05) is 21.7 Å².